The normalized spacial score (nSPS) is 20.7. The van der Waals surface area contributed by atoms with Gasteiger partial charge < -0.3 is 9.84 Å². The van der Waals surface area contributed by atoms with E-state index < -0.39 is 12.3 Å². The number of halogens is 1. The Bertz CT molecular complexity index is 675. The van der Waals surface area contributed by atoms with Crippen LogP contribution in [-0.2, 0) is 11.3 Å². The Kier molecular flexibility index (Phi) is 5.38. The zero-order valence-corrected chi connectivity index (χ0v) is 14.0. The second-order valence-electron chi connectivity index (χ2n) is 5.99. The lowest BCUT2D eigenvalue weighted by atomic mass is 9.89. The number of amides is 1. The number of hydrogen-bond acceptors (Lipinski definition) is 3. The number of rotatable bonds is 3. The molecule has 0 bridgehead atoms. The highest BCUT2D eigenvalue weighted by atomic mass is 35.5. The third-order valence-electron chi connectivity index (χ3n) is 4.35. The van der Waals surface area contributed by atoms with Crippen molar-refractivity contribution in [3.8, 4) is 0 Å². The molecule has 24 heavy (non-hydrogen) atoms. The van der Waals surface area contributed by atoms with Gasteiger partial charge in [0.05, 0.1) is 0 Å². The van der Waals surface area contributed by atoms with Crippen molar-refractivity contribution < 1.29 is 14.6 Å². The van der Waals surface area contributed by atoms with E-state index in [9.17, 15) is 9.90 Å². The fourth-order valence-corrected chi connectivity index (χ4v) is 3.12. The summed E-state index contributed by atoms with van der Waals surface area (Å²) in [6, 6.07) is 17.2. The van der Waals surface area contributed by atoms with Crippen LogP contribution >= 0.6 is 11.6 Å². The Hall–Kier alpha value is -2.04. The molecule has 4 nitrogen and oxygen atoms in total. The lowest BCUT2D eigenvalue weighted by molar-refractivity contribution is -0.0292. The molecule has 2 aromatic rings. The van der Waals surface area contributed by atoms with Crippen molar-refractivity contribution in [2.75, 3.05) is 6.54 Å². The van der Waals surface area contributed by atoms with Crippen LogP contribution in [0.25, 0.3) is 0 Å². The highest BCUT2D eigenvalue weighted by Crippen LogP contribution is 2.31. The van der Waals surface area contributed by atoms with E-state index in [1.807, 2.05) is 54.6 Å². The van der Waals surface area contributed by atoms with Gasteiger partial charge in [-0.15, -0.1) is 0 Å². The first-order chi connectivity index (χ1) is 11.6. The van der Waals surface area contributed by atoms with Crippen LogP contribution in [0, 0.1) is 0 Å². The summed E-state index contributed by atoms with van der Waals surface area (Å²) in [6.07, 6.45) is -0.00936. The van der Waals surface area contributed by atoms with Crippen LogP contribution < -0.4 is 0 Å². The van der Waals surface area contributed by atoms with Crippen molar-refractivity contribution in [3.63, 3.8) is 0 Å². The van der Waals surface area contributed by atoms with Crippen molar-refractivity contribution in [2.24, 2.45) is 0 Å². The SMILES string of the molecule is O=C(OCc1ccccc1)N1CCC(c2ccc(Cl)cc2)CC1O. The molecule has 2 aromatic carbocycles. The Morgan fingerprint density at radius 1 is 1.17 bits per heavy atom. The van der Waals surface area contributed by atoms with Gasteiger partial charge in [-0.1, -0.05) is 54.1 Å². The highest BCUT2D eigenvalue weighted by Gasteiger charge is 2.31. The molecule has 0 spiro atoms. The third-order valence-corrected chi connectivity index (χ3v) is 4.61. The summed E-state index contributed by atoms with van der Waals surface area (Å²) in [4.78, 5) is 13.6. The average Bonchev–Trinajstić information content (AvgIpc) is 2.61. The standard InChI is InChI=1S/C19H20ClNO3/c20-17-8-6-15(7-9-17)16-10-11-21(18(22)12-16)19(23)24-13-14-4-2-1-3-5-14/h1-9,16,18,22H,10-13H2. The minimum Gasteiger partial charge on any atom is -0.444 e. The molecule has 3 rings (SSSR count). The Labute approximate surface area is 146 Å². The fourth-order valence-electron chi connectivity index (χ4n) is 3.00. The van der Waals surface area contributed by atoms with E-state index in [1.54, 1.807) is 0 Å². The first-order valence-corrected chi connectivity index (χ1v) is 8.42. The first kappa shape index (κ1) is 16.8. The molecule has 0 saturated carbocycles. The molecule has 2 atom stereocenters. The van der Waals surface area contributed by atoms with E-state index in [1.165, 1.54) is 4.90 Å². The van der Waals surface area contributed by atoms with Gasteiger partial charge in [0.25, 0.3) is 0 Å². The Morgan fingerprint density at radius 2 is 1.88 bits per heavy atom. The lowest BCUT2D eigenvalue weighted by Crippen LogP contribution is -2.45. The monoisotopic (exact) mass is 345 g/mol. The van der Waals surface area contributed by atoms with E-state index in [0.717, 1.165) is 17.5 Å². The second kappa shape index (κ2) is 7.69. The van der Waals surface area contributed by atoms with Gasteiger partial charge in [-0.2, -0.15) is 0 Å². The largest absolute Gasteiger partial charge is 0.444 e. The summed E-state index contributed by atoms with van der Waals surface area (Å²) in [7, 11) is 0. The van der Waals surface area contributed by atoms with Crippen LogP contribution in [0.2, 0.25) is 5.02 Å². The van der Waals surface area contributed by atoms with Gasteiger partial charge in [0.1, 0.15) is 12.8 Å². The molecular weight excluding hydrogens is 326 g/mol. The summed E-state index contributed by atoms with van der Waals surface area (Å²) in [5, 5.41) is 11.0. The molecule has 1 aliphatic rings. The van der Waals surface area contributed by atoms with Gasteiger partial charge >= 0.3 is 6.09 Å². The van der Waals surface area contributed by atoms with Crippen molar-refractivity contribution in [1.29, 1.82) is 0 Å². The van der Waals surface area contributed by atoms with Gasteiger partial charge in [-0.3, -0.25) is 4.90 Å². The van der Waals surface area contributed by atoms with E-state index >= 15 is 0 Å². The minimum atomic E-state index is -0.831. The van der Waals surface area contributed by atoms with E-state index in [-0.39, 0.29) is 12.5 Å². The van der Waals surface area contributed by atoms with Gasteiger partial charge in [-0.25, -0.2) is 4.79 Å². The zero-order valence-electron chi connectivity index (χ0n) is 13.3. The summed E-state index contributed by atoms with van der Waals surface area (Å²) in [5.74, 6) is 0.218. The van der Waals surface area contributed by atoms with Crippen LogP contribution in [0.1, 0.15) is 29.9 Å². The number of carbonyl (C=O) groups is 1. The van der Waals surface area contributed by atoms with Gasteiger partial charge in [0.15, 0.2) is 0 Å². The molecule has 0 aromatic heterocycles. The second-order valence-corrected chi connectivity index (χ2v) is 6.42. The van der Waals surface area contributed by atoms with Gasteiger partial charge in [-0.05, 0) is 42.0 Å². The number of piperidine rings is 1. The first-order valence-electron chi connectivity index (χ1n) is 8.04. The Morgan fingerprint density at radius 3 is 2.54 bits per heavy atom. The zero-order chi connectivity index (χ0) is 16.9. The quantitative estimate of drug-likeness (QED) is 0.908. The predicted octanol–water partition coefficient (Wildman–Crippen LogP) is 4.17. The number of benzene rings is 2. The molecule has 0 radical (unpaired) electrons. The number of ether oxygens (including phenoxy) is 1. The van der Waals surface area contributed by atoms with Crippen molar-refractivity contribution in [3.05, 3.63) is 70.7 Å². The highest BCUT2D eigenvalue weighted by molar-refractivity contribution is 6.30. The van der Waals surface area contributed by atoms with Crippen molar-refractivity contribution >= 4 is 17.7 Å². The van der Waals surface area contributed by atoms with Crippen LogP contribution in [0.3, 0.4) is 0 Å². The number of carbonyl (C=O) groups excluding carboxylic acids is 1. The maximum Gasteiger partial charge on any atom is 0.412 e. The maximum absolute atomic E-state index is 12.2. The smallest absolute Gasteiger partial charge is 0.412 e. The number of hydrogen-bond donors (Lipinski definition) is 1. The number of nitrogens with zero attached hydrogens (tertiary/aromatic N) is 1. The van der Waals surface area contributed by atoms with E-state index in [2.05, 4.69) is 0 Å². The summed E-state index contributed by atoms with van der Waals surface area (Å²) in [6.45, 7) is 0.686. The molecule has 5 heteroatoms. The summed E-state index contributed by atoms with van der Waals surface area (Å²) in [5.41, 5.74) is 2.06. The van der Waals surface area contributed by atoms with Crippen LogP contribution in [0.15, 0.2) is 54.6 Å². The van der Waals surface area contributed by atoms with Crippen LogP contribution in [-0.4, -0.2) is 28.9 Å². The molecular formula is C19H20ClNO3. The van der Waals surface area contributed by atoms with E-state index in [0.29, 0.717) is 18.0 Å². The van der Waals surface area contributed by atoms with Crippen LogP contribution in [0.5, 0.6) is 0 Å². The molecule has 2 unspecified atom stereocenters. The fraction of sp³-hybridized carbons (Fsp3) is 0.316. The topological polar surface area (TPSA) is 49.8 Å². The predicted molar refractivity (Wildman–Crippen MR) is 92.8 cm³/mol. The number of aliphatic hydroxyl groups excluding tert-OH is 1. The molecule has 1 heterocycles. The molecule has 126 valence electrons. The minimum absolute atomic E-state index is 0.212. The molecule has 1 N–H and O–H groups in total. The molecule has 1 fully saturated rings. The van der Waals surface area contributed by atoms with Crippen molar-refractivity contribution in [1.82, 2.24) is 4.90 Å². The molecule has 1 aliphatic heterocycles. The third kappa shape index (κ3) is 4.08. The summed E-state index contributed by atoms with van der Waals surface area (Å²) >= 11 is 5.91. The lowest BCUT2D eigenvalue weighted by Gasteiger charge is -2.35. The molecule has 0 aliphatic carbocycles. The number of aliphatic hydroxyl groups is 1. The van der Waals surface area contributed by atoms with Gasteiger partial charge in [0.2, 0.25) is 0 Å². The molecule has 1 saturated heterocycles. The summed E-state index contributed by atoms with van der Waals surface area (Å²) < 4.78 is 5.30. The van der Waals surface area contributed by atoms with Crippen LogP contribution in [0.4, 0.5) is 4.79 Å². The van der Waals surface area contributed by atoms with Crippen molar-refractivity contribution in [2.45, 2.75) is 31.6 Å². The van der Waals surface area contributed by atoms with E-state index in [4.69, 9.17) is 16.3 Å². The number of likely N-dealkylation sites (tertiary alicyclic amines) is 1. The van der Waals surface area contributed by atoms with Gasteiger partial charge in [0, 0.05) is 11.6 Å². The molecule has 1 amide bonds. The average molecular weight is 346 g/mol. The maximum atomic E-state index is 12.2. The Balaban J connectivity index is 1.55.